The van der Waals surface area contributed by atoms with Gasteiger partial charge in [0.25, 0.3) is 5.91 Å². The summed E-state index contributed by atoms with van der Waals surface area (Å²) in [5, 5.41) is 2.45. The minimum Gasteiger partial charge on any atom is -1.00 e. The predicted molar refractivity (Wildman–Crippen MR) is 78.2 cm³/mol. The van der Waals surface area contributed by atoms with Crippen molar-refractivity contribution in [2.75, 3.05) is 0 Å². The number of amides is 1. The lowest BCUT2D eigenvalue weighted by Crippen LogP contribution is -3.00. The molecule has 21 heavy (non-hydrogen) atoms. The lowest BCUT2D eigenvalue weighted by Gasteiger charge is -2.04. The number of primary amides is 1. The Balaban J connectivity index is 0.00000161. The zero-order valence-corrected chi connectivity index (χ0v) is 13.0. The van der Waals surface area contributed by atoms with Gasteiger partial charge in [-0.3, -0.25) is 4.79 Å². The molecule has 0 saturated heterocycles. The summed E-state index contributed by atoms with van der Waals surface area (Å²) in [6, 6.07) is 18.1. The highest BCUT2D eigenvalue weighted by molar-refractivity contribution is 5.92. The van der Waals surface area contributed by atoms with E-state index in [1.165, 1.54) is 16.3 Å². The van der Waals surface area contributed by atoms with Gasteiger partial charge in [-0.25, -0.2) is 0 Å². The van der Waals surface area contributed by atoms with E-state index in [2.05, 4.69) is 30.3 Å². The molecule has 0 bridgehead atoms. The van der Waals surface area contributed by atoms with Crippen molar-refractivity contribution in [2.45, 2.75) is 6.54 Å². The van der Waals surface area contributed by atoms with Crippen LogP contribution in [0.4, 0.5) is 0 Å². The highest BCUT2D eigenvalue weighted by Crippen LogP contribution is 2.18. The zero-order chi connectivity index (χ0) is 13.9. The van der Waals surface area contributed by atoms with E-state index in [4.69, 9.17) is 5.73 Å². The second-order valence-electron chi connectivity index (χ2n) is 4.77. The Morgan fingerprint density at radius 1 is 1.00 bits per heavy atom. The molecule has 1 amide bonds. The first-order valence-corrected chi connectivity index (χ1v) is 6.49. The van der Waals surface area contributed by atoms with Gasteiger partial charge >= 0.3 is 0 Å². The topological polar surface area (TPSA) is 47.0 Å². The molecule has 0 radical (unpaired) electrons. The van der Waals surface area contributed by atoms with E-state index in [0.717, 1.165) is 0 Å². The molecule has 3 aromatic rings. The van der Waals surface area contributed by atoms with Crippen LogP contribution >= 0.6 is 0 Å². The molecule has 0 aliphatic rings. The number of rotatable bonds is 3. The monoisotopic (exact) mass is 342 g/mol. The molecule has 0 fully saturated rings. The first-order valence-electron chi connectivity index (χ1n) is 6.49. The minimum atomic E-state index is -0.405. The molecule has 1 aromatic heterocycles. The molecule has 4 heteroatoms. The number of fused-ring (bicyclic) bond motifs is 1. The van der Waals surface area contributed by atoms with Crippen LogP contribution in [-0.2, 0) is 6.54 Å². The summed E-state index contributed by atoms with van der Waals surface area (Å²) in [4.78, 5) is 11.2. The average molecular weight is 343 g/mol. The molecular weight excluding hydrogens is 328 g/mol. The molecule has 3 rings (SSSR count). The molecule has 0 saturated carbocycles. The highest BCUT2D eigenvalue weighted by atomic mass is 79.9. The summed E-state index contributed by atoms with van der Waals surface area (Å²) in [7, 11) is 0. The summed E-state index contributed by atoms with van der Waals surface area (Å²) >= 11 is 0. The Kier molecular flexibility index (Phi) is 4.70. The van der Waals surface area contributed by atoms with E-state index in [9.17, 15) is 4.79 Å². The van der Waals surface area contributed by atoms with Gasteiger partial charge in [0, 0.05) is 11.6 Å². The summed E-state index contributed by atoms with van der Waals surface area (Å²) in [6.45, 7) is 0.711. The molecule has 0 aliphatic carbocycles. The maximum absolute atomic E-state index is 11.2. The maximum atomic E-state index is 11.2. The number of pyridine rings is 1. The zero-order valence-electron chi connectivity index (χ0n) is 11.4. The molecule has 2 aromatic carbocycles. The second-order valence-corrected chi connectivity index (χ2v) is 4.77. The molecule has 2 N–H and O–H groups in total. The number of hydrogen-bond donors (Lipinski definition) is 1. The molecule has 0 unspecified atom stereocenters. The van der Waals surface area contributed by atoms with Crippen LogP contribution < -0.4 is 27.3 Å². The number of benzene rings is 2. The van der Waals surface area contributed by atoms with E-state index < -0.39 is 5.91 Å². The second kappa shape index (κ2) is 6.50. The van der Waals surface area contributed by atoms with Crippen molar-refractivity contribution in [1.82, 2.24) is 0 Å². The van der Waals surface area contributed by atoms with Gasteiger partial charge in [0.15, 0.2) is 18.9 Å². The SMILES string of the molecule is NC(=O)c1ccc[n+](Cc2cccc3ccccc23)c1.[Br-]. The lowest BCUT2D eigenvalue weighted by molar-refractivity contribution is -0.688. The molecule has 0 aliphatic heterocycles. The molecule has 106 valence electrons. The third-order valence-electron chi connectivity index (χ3n) is 3.38. The minimum absolute atomic E-state index is 0. The third kappa shape index (κ3) is 3.28. The summed E-state index contributed by atoms with van der Waals surface area (Å²) in [5.41, 5.74) is 7.05. The number of halogens is 1. The molecule has 1 heterocycles. The lowest BCUT2D eigenvalue weighted by atomic mass is 10.0. The van der Waals surface area contributed by atoms with E-state index in [-0.39, 0.29) is 17.0 Å². The van der Waals surface area contributed by atoms with Crippen LogP contribution in [0, 0.1) is 0 Å². The maximum Gasteiger partial charge on any atom is 0.254 e. The third-order valence-corrected chi connectivity index (χ3v) is 3.38. The molecule has 0 spiro atoms. The normalized spacial score (nSPS) is 10.1. The first-order chi connectivity index (χ1) is 9.74. The Morgan fingerprint density at radius 3 is 2.57 bits per heavy atom. The largest absolute Gasteiger partial charge is 1.00 e. The molecular formula is C17H15BrN2O. The van der Waals surface area contributed by atoms with Crippen molar-refractivity contribution >= 4 is 16.7 Å². The van der Waals surface area contributed by atoms with Crippen LogP contribution in [0.5, 0.6) is 0 Å². The van der Waals surface area contributed by atoms with Crippen molar-refractivity contribution in [1.29, 1.82) is 0 Å². The van der Waals surface area contributed by atoms with Crippen molar-refractivity contribution in [2.24, 2.45) is 5.73 Å². The standard InChI is InChI=1S/C17H14N2O.BrH/c18-17(20)15-8-4-10-19(12-15)11-14-7-3-6-13-5-1-2-9-16(13)14;/h1-10,12H,11H2,(H-,18,20);1H. The van der Waals surface area contributed by atoms with Crippen LogP contribution in [0.15, 0.2) is 67.0 Å². The Labute approximate surface area is 133 Å². The fraction of sp³-hybridized carbons (Fsp3) is 0.0588. The van der Waals surface area contributed by atoms with Gasteiger partial charge in [-0.05, 0) is 16.8 Å². The van der Waals surface area contributed by atoms with Gasteiger partial charge in [0.1, 0.15) is 5.56 Å². The molecule has 3 nitrogen and oxygen atoms in total. The van der Waals surface area contributed by atoms with Gasteiger partial charge in [0.05, 0.1) is 0 Å². The summed E-state index contributed by atoms with van der Waals surface area (Å²) < 4.78 is 1.97. The van der Waals surface area contributed by atoms with Crippen LogP contribution in [0.25, 0.3) is 10.8 Å². The molecule has 0 atom stereocenters. The van der Waals surface area contributed by atoms with Crippen molar-refractivity contribution in [3.63, 3.8) is 0 Å². The smallest absolute Gasteiger partial charge is 0.254 e. The number of nitrogens with zero attached hydrogens (tertiary/aromatic N) is 1. The average Bonchev–Trinajstić information content (AvgIpc) is 2.48. The van der Waals surface area contributed by atoms with Crippen LogP contribution in [-0.4, -0.2) is 5.91 Å². The Bertz CT molecular complexity index is 781. The van der Waals surface area contributed by atoms with Gasteiger partial charge in [-0.15, -0.1) is 0 Å². The number of aromatic nitrogens is 1. The quantitative estimate of drug-likeness (QED) is 0.627. The fourth-order valence-electron chi connectivity index (χ4n) is 2.39. The van der Waals surface area contributed by atoms with Gasteiger partial charge in [-0.2, -0.15) is 4.57 Å². The van der Waals surface area contributed by atoms with Gasteiger partial charge in [0.2, 0.25) is 0 Å². The van der Waals surface area contributed by atoms with E-state index >= 15 is 0 Å². The predicted octanol–water partition coefficient (Wildman–Crippen LogP) is -0.721. The van der Waals surface area contributed by atoms with Gasteiger partial charge < -0.3 is 22.7 Å². The number of carbonyl (C=O) groups is 1. The summed E-state index contributed by atoms with van der Waals surface area (Å²) in [6.07, 6.45) is 3.72. The number of nitrogens with two attached hydrogens (primary N) is 1. The van der Waals surface area contributed by atoms with Crippen LogP contribution in [0.1, 0.15) is 15.9 Å². The summed E-state index contributed by atoms with van der Waals surface area (Å²) in [5.74, 6) is -0.405. The van der Waals surface area contributed by atoms with E-state index in [1.807, 2.05) is 29.0 Å². The Hall–Kier alpha value is -2.20. The van der Waals surface area contributed by atoms with E-state index in [0.29, 0.717) is 12.1 Å². The Morgan fingerprint density at radius 2 is 1.76 bits per heavy atom. The van der Waals surface area contributed by atoms with Crippen LogP contribution in [0.3, 0.4) is 0 Å². The van der Waals surface area contributed by atoms with Crippen molar-refractivity contribution in [3.05, 3.63) is 78.1 Å². The highest BCUT2D eigenvalue weighted by Gasteiger charge is 2.09. The van der Waals surface area contributed by atoms with Crippen molar-refractivity contribution < 1.29 is 26.3 Å². The van der Waals surface area contributed by atoms with Gasteiger partial charge in [-0.1, -0.05) is 42.5 Å². The van der Waals surface area contributed by atoms with E-state index in [1.54, 1.807) is 12.3 Å². The fourth-order valence-corrected chi connectivity index (χ4v) is 2.39. The first kappa shape index (κ1) is 15.2. The van der Waals surface area contributed by atoms with Crippen molar-refractivity contribution in [3.8, 4) is 0 Å². The van der Waals surface area contributed by atoms with Crippen LogP contribution in [0.2, 0.25) is 0 Å². The number of hydrogen-bond acceptors (Lipinski definition) is 1. The number of carbonyl (C=O) groups excluding carboxylic acids is 1.